The Morgan fingerprint density at radius 3 is 2.28 bits per heavy atom. The lowest BCUT2D eigenvalue weighted by Crippen LogP contribution is -2.52. The van der Waals surface area contributed by atoms with E-state index in [9.17, 15) is 18.0 Å². The highest BCUT2D eigenvalue weighted by Crippen LogP contribution is 2.23. The molecule has 25 heavy (non-hydrogen) atoms. The topological polar surface area (TPSA) is 44.8 Å². The van der Waals surface area contributed by atoms with Gasteiger partial charge in [-0.2, -0.15) is 0 Å². The lowest BCUT2D eigenvalue weighted by Gasteiger charge is -2.37. The first-order valence-corrected chi connectivity index (χ1v) is 8.02. The molecule has 2 heterocycles. The lowest BCUT2D eigenvalue weighted by molar-refractivity contribution is -0.274. The maximum atomic E-state index is 12.5. The molecule has 0 bridgehead atoms. The average Bonchev–Trinajstić information content (AvgIpc) is 3.08. The van der Waals surface area contributed by atoms with Gasteiger partial charge >= 0.3 is 6.36 Å². The summed E-state index contributed by atoms with van der Waals surface area (Å²) in [5, 5.41) is 3.34. The number of hydrogen-bond donors (Lipinski definition) is 1. The van der Waals surface area contributed by atoms with Crippen LogP contribution in [0.4, 0.5) is 13.2 Å². The van der Waals surface area contributed by atoms with Crippen LogP contribution in [0, 0.1) is 0 Å². The Bertz CT molecular complexity index is 569. The van der Waals surface area contributed by atoms with E-state index in [4.69, 9.17) is 0 Å². The first-order chi connectivity index (χ1) is 11.4. The third-order valence-corrected chi connectivity index (χ3v) is 4.49. The molecule has 3 rings (SSSR count). The quantitative estimate of drug-likeness (QED) is 0.874. The van der Waals surface area contributed by atoms with Crippen LogP contribution < -0.4 is 10.1 Å². The molecule has 1 amide bonds. The van der Waals surface area contributed by atoms with Crippen molar-refractivity contribution in [3.63, 3.8) is 0 Å². The van der Waals surface area contributed by atoms with Gasteiger partial charge in [-0.25, -0.2) is 0 Å². The molecule has 0 spiro atoms. The van der Waals surface area contributed by atoms with E-state index < -0.39 is 6.36 Å². The maximum Gasteiger partial charge on any atom is 0.573 e. The number of amides is 1. The van der Waals surface area contributed by atoms with Gasteiger partial charge in [-0.3, -0.25) is 9.69 Å². The molecule has 1 unspecified atom stereocenters. The molecule has 0 aliphatic carbocycles. The second-order valence-corrected chi connectivity index (χ2v) is 6.05. The van der Waals surface area contributed by atoms with E-state index in [2.05, 4.69) is 15.0 Å². The van der Waals surface area contributed by atoms with Crippen LogP contribution in [-0.4, -0.2) is 67.4 Å². The average molecular weight is 380 g/mol. The standard InChI is InChI=1S/C16H20F3N3O2.ClH/c17-16(18,19)24-14-3-1-12(2-4-14)15(23)22-9-7-21(8-10-22)13-5-6-20-11-13;/h1-4,13,20H,5-11H2;1H. The predicted molar refractivity (Wildman–Crippen MR) is 89.1 cm³/mol. The van der Waals surface area contributed by atoms with E-state index >= 15 is 0 Å². The van der Waals surface area contributed by atoms with Crippen LogP contribution in [0.15, 0.2) is 24.3 Å². The van der Waals surface area contributed by atoms with Crippen molar-refractivity contribution in [2.45, 2.75) is 18.8 Å². The van der Waals surface area contributed by atoms with E-state index in [-0.39, 0.29) is 24.1 Å². The summed E-state index contributed by atoms with van der Waals surface area (Å²) in [6, 6.07) is 5.62. The number of carbonyl (C=O) groups excluding carboxylic acids is 1. The Kier molecular flexibility index (Phi) is 6.53. The molecule has 0 aromatic heterocycles. The smallest absolute Gasteiger partial charge is 0.406 e. The summed E-state index contributed by atoms with van der Waals surface area (Å²) in [6.45, 7) is 4.96. The van der Waals surface area contributed by atoms with Gasteiger partial charge in [-0.15, -0.1) is 25.6 Å². The molecule has 5 nitrogen and oxygen atoms in total. The summed E-state index contributed by atoms with van der Waals surface area (Å²) in [5.74, 6) is -0.477. The Morgan fingerprint density at radius 1 is 1.12 bits per heavy atom. The molecule has 0 radical (unpaired) electrons. The molecule has 0 saturated carbocycles. The molecular weight excluding hydrogens is 359 g/mol. The minimum atomic E-state index is -4.73. The molecule has 2 saturated heterocycles. The summed E-state index contributed by atoms with van der Waals surface area (Å²) in [5.41, 5.74) is 0.375. The van der Waals surface area contributed by atoms with Crippen molar-refractivity contribution in [1.29, 1.82) is 0 Å². The molecular formula is C16H21ClF3N3O2. The minimum absolute atomic E-state index is 0. The second kappa shape index (κ2) is 8.25. The van der Waals surface area contributed by atoms with Crippen molar-refractivity contribution < 1.29 is 22.7 Å². The van der Waals surface area contributed by atoms with Gasteiger partial charge in [0.1, 0.15) is 5.75 Å². The van der Waals surface area contributed by atoms with Crippen LogP contribution in [0.1, 0.15) is 16.8 Å². The fourth-order valence-corrected chi connectivity index (χ4v) is 3.22. The van der Waals surface area contributed by atoms with E-state index in [0.29, 0.717) is 24.7 Å². The Labute approximate surface area is 150 Å². The zero-order chi connectivity index (χ0) is 17.2. The SMILES string of the molecule is Cl.O=C(c1ccc(OC(F)(F)F)cc1)N1CCN(C2CCNC2)CC1. The number of hydrogen-bond acceptors (Lipinski definition) is 4. The number of alkyl halides is 3. The van der Waals surface area contributed by atoms with Crippen molar-refractivity contribution in [1.82, 2.24) is 15.1 Å². The summed E-state index contributed by atoms with van der Waals surface area (Å²) in [7, 11) is 0. The van der Waals surface area contributed by atoms with E-state index in [1.54, 1.807) is 4.90 Å². The van der Waals surface area contributed by atoms with Crippen molar-refractivity contribution in [2.75, 3.05) is 39.3 Å². The van der Waals surface area contributed by atoms with Crippen LogP contribution in [0.2, 0.25) is 0 Å². The highest BCUT2D eigenvalue weighted by molar-refractivity contribution is 5.94. The van der Waals surface area contributed by atoms with Gasteiger partial charge in [0.25, 0.3) is 5.91 Å². The van der Waals surface area contributed by atoms with Crippen LogP contribution in [0.3, 0.4) is 0 Å². The van der Waals surface area contributed by atoms with Crippen LogP contribution in [-0.2, 0) is 0 Å². The summed E-state index contributed by atoms with van der Waals surface area (Å²) in [4.78, 5) is 16.6. The maximum absolute atomic E-state index is 12.5. The first-order valence-electron chi connectivity index (χ1n) is 8.02. The number of rotatable bonds is 3. The van der Waals surface area contributed by atoms with Crippen LogP contribution in [0.5, 0.6) is 5.75 Å². The number of nitrogens with one attached hydrogen (secondary N) is 1. The summed E-state index contributed by atoms with van der Waals surface area (Å²) < 4.78 is 40.3. The zero-order valence-corrected chi connectivity index (χ0v) is 14.4. The van der Waals surface area contributed by atoms with Crippen LogP contribution in [0.25, 0.3) is 0 Å². The molecule has 1 aromatic rings. The van der Waals surface area contributed by atoms with Gasteiger partial charge in [0.05, 0.1) is 0 Å². The second-order valence-electron chi connectivity index (χ2n) is 6.05. The predicted octanol–water partition coefficient (Wildman–Crippen LogP) is 2.13. The van der Waals surface area contributed by atoms with Gasteiger partial charge in [0, 0.05) is 44.3 Å². The molecule has 1 aromatic carbocycles. The van der Waals surface area contributed by atoms with Crippen LogP contribution >= 0.6 is 12.4 Å². The number of halogens is 4. The highest BCUT2D eigenvalue weighted by atomic mass is 35.5. The van der Waals surface area contributed by atoms with E-state index in [1.807, 2.05) is 0 Å². The fourth-order valence-electron chi connectivity index (χ4n) is 3.22. The van der Waals surface area contributed by atoms with Gasteiger partial charge in [-0.1, -0.05) is 0 Å². The number of nitrogens with zero attached hydrogens (tertiary/aromatic N) is 2. The summed E-state index contributed by atoms with van der Waals surface area (Å²) >= 11 is 0. The van der Waals surface area contributed by atoms with Gasteiger partial charge < -0.3 is 15.0 Å². The molecule has 1 N–H and O–H groups in total. The number of carbonyl (C=O) groups is 1. The zero-order valence-electron chi connectivity index (χ0n) is 13.6. The molecule has 1 atom stereocenters. The highest BCUT2D eigenvalue weighted by Gasteiger charge is 2.31. The molecule has 2 aliphatic heterocycles. The number of piperazine rings is 1. The van der Waals surface area contributed by atoms with Gasteiger partial charge in [0.15, 0.2) is 0 Å². The van der Waals surface area contributed by atoms with Crippen molar-refractivity contribution in [3.05, 3.63) is 29.8 Å². The Hall–Kier alpha value is -1.51. The minimum Gasteiger partial charge on any atom is -0.406 e. The van der Waals surface area contributed by atoms with Crippen molar-refractivity contribution in [3.8, 4) is 5.75 Å². The fraction of sp³-hybridized carbons (Fsp3) is 0.562. The molecule has 2 aliphatic rings. The van der Waals surface area contributed by atoms with E-state index in [0.717, 1.165) is 32.6 Å². The van der Waals surface area contributed by atoms with Crippen molar-refractivity contribution >= 4 is 18.3 Å². The largest absolute Gasteiger partial charge is 0.573 e. The van der Waals surface area contributed by atoms with E-state index in [1.165, 1.54) is 24.3 Å². The number of ether oxygens (including phenoxy) is 1. The molecule has 9 heteroatoms. The monoisotopic (exact) mass is 379 g/mol. The normalized spacial score (nSPS) is 21.7. The third kappa shape index (κ3) is 5.23. The van der Waals surface area contributed by atoms with Crippen molar-refractivity contribution in [2.24, 2.45) is 0 Å². The third-order valence-electron chi connectivity index (χ3n) is 4.49. The first kappa shape index (κ1) is 19.8. The number of benzene rings is 1. The lowest BCUT2D eigenvalue weighted by atomic mass is 10.1. The van der Waals surface area contributed by atoms with Gasteiger partial charge in [-0.05, 0) is 37.2 Å². The molecule has 2 fully saturated rings. The Morgan fingerprint density at radius 2 is 1.76 bits per heavy atom. The Balaban J connectivity index is 0.00000225. The molecule has 140 valence electrons. The van der Waals surface area contributed by atoms with Gasteiger partial charge in [0.2, 0.25) is 0 Å². The summed E-state index contributed by atoms with van der Waals surface area (Å²) in [6.07, 6.45) is -3.59.